The standard InChI is InChI=1S/C39H43NO16/c1-19-14-15-25-24(13-10-16-40-25)35(48)51-17-36(5)26-27(44)30(52-21(3)42)38(18-50-20(2)41)32(53-22(4)43)28(54-34(47)23-11-8-7-9-12-23)31(55-33(19)46)37(6,49)39(38,56-36)29(26)45/h7-13,16,19,26,28-32,45,49H,14-15,17-18H2,1-6H3. The van der Waals surface area contributed by atoms with Crippen LogP contribution in [0, 0.1) is 17.3 Å². The van der Waals surface area contributed by atoms with E-state index in [-0.39, 0.29) is 29.7 Å². The second-order valence-electron chi connectivity index (χ2n) is 15.1. The van der Waals surface area contributed by atoms with Crippen LogP contribution in [0.5, 0.6) is 0 Å². The molecule has 2 saturated carbocycles. The average molecular weight is 782 g/mol. The second-order valence-corrected chi connectivity index (χ2v) is 15.1. The van der Waals surface area contributed by atoms with Crippen LogP contribution in [0.1, 0.15) is 74.4 Å². The molecular formula is C39H43NO16. The Bertz CT molecular complexity index is 1950. The maximum Gasteiger partial charge on any atom is 0.340 e. The maximum atomic E-state index is 14.9. The van der Waals surface area contributed by atoms with Gasteiger partial charge in [0.05, 0.1) is 34.8 Å². The summed E-state index contributed by atoms with van der Waals surface area (Å²) in [5, 5.41) is 25.8. The van der Waals surface area contributed by atoms with Crippen molar-refractivity contribution in [1.29, 1.82) is 0 Å². The number of carbonyl (C=O) groups excluding carboxylic acids is 7. The summed E-state index contributed by atoms with van der Waals surface area (Å²) in [7, 11) is 0. The number of rotatable bonds is 6. The summed E-state index contributed by atoms with van der Waals surface area (Å²) in [6.45, 7) is 4.96. The number of ether oxygens (including phenoxy) is 7. The highest BCUT2D eigenvalue weighted by Gasteiger charge is 2.90. The third-order valence-corrected chi connectivity index (χ3v) is 11.3. The van der Waals surface area contributed by atoms with Crippen LogP contribution < -0.4 is 0 Å². The first kappa shape index (κ1) is 40.4. The van der Waals surface area contributed by atoms with Gasteiger partial charge in [-0.25, -0.2) is 9.59 Å². The first-order chi connectivity index (χ1) is 26.3. The molecule has 0 radical (unpaired) electrons. The Kier molecular flexibility index (Phi) is 10.6. The molecule has 1 saturated heterocycles. The van der Waals surface area contributed by atoms with E-state index in [1.165, 1.54) is 56.4 Å². The zero-order valence-corrected chi connectivity index (χ0v) is 31.5. The predicted molar refractivity (Wildman–Crippen MR) is 185 cm³/mol. The van der Waals surface area contributed by atoms with Gasteiger partial charge in [0.2, 0.25) is 0 Å². The highest BCUT2D eigenvalue weighted by molar-refractivity contribution is 5.94. The number of carbonyl (C=O) groups is 7. The number of cyclic esters (lactones) is 1. The number of ketones is 1. The molecule has 17 heteroatoms. The molecule has 300 valence electrons. The van der Waals surface area contributed by atoms with Gasteiger partial charge >= 0.3 is 35.8 Å². The molecule has 2 N–H and O–H groups in total. The number of nitrogens with zero attached hydrogens (tertiary/aromatic N) is 1. The summed E-state index contributed by atoms with van der Waals surface area (Å²) in [5.41, 5.74) is -10.1. The van der Waals surface area contributed by atoms with E-state index in [1.54, 1.807) is 6.07 Å². The predicted octanol–water partition coefficient (Wildman–Crippen LogP) is 1.22. The lowest BCUT2D eigenvalue weighted by molar-refractivity contribution is -0.375. The molecule has 11 unspecified atom stereocenters. The van der Waals surface area contributed by atoms with Gasteiger partial charge in [-0.2, -0.15) is 0 Å². The smallest absolute Gasteiger partial charge is 0.340 e. The Balaban J connectivity index is 1.68. The van der Waals surface area contributed by atoms with Gasteiger partial charge in [0.15, 0.2) is 30.2 Å². The highest BCUT2D eigenvalue weighted by Crippen LogP contribution is 2.68. The van der Waals surface area contributed by atoms with Crippen molar-refractivity contribution in [2.45, 2.75) is 102 Å². The summed E-state index contributed by atoms with van der Waals surface area (Å²) in [4.78, 5) is 99.7. The largest absolute Gasteiger partial charge is 0.465 e. The van der Waals surface area contributed by atoms with E-state index in [1.807, 2.05) is 0 Å². The minimum absolute atomic E-state index is 0.0334. The van der Waals surface area contributed by atoms with Crippen molar-refractivity contribution in [3.63, 3.8) is 0 Å². The Hall–Kier alpha value is -5.26. The van der Waals surface area contributed by atoms with E-state index in [4.69, 9.17) is 33.2 Å². The first-order valence-corrected chi connectivity index (χ1v) is 18.0. The van der Waals surface area contributed by atoms with Gasteiger partial charge < -0.3 is 43.4 Å². The summed E-state index contributed by atoms with van der Waals surface area (Å²) in [6.07, 6.45) is -9.08. The number of esters is 6. The number of aryl methyl sites for hydroxylation is 1. The van der Waals surface area contributed by atoms with Crippen LogP contribution in [0.4, 0.5) is 0 Å². The van der Waals surface area contributed by atoms with E-state index < -0.39 is 119 Å². The molecule has 1 aromatic carbocycles. The van der Waals surface area contributed by atoms with Crippen LogP contribution in [-0.2, 0) is 63.6 Å². The number of hydrogen-bond acceptors (Lipinski definition) is 17. The number of aromatic nitrogens is 1. The van der Waals surface area contributed by atoms with Gasteiger partial charge in [0.25, 0.3) is 0 Å². The number of fused-ring (bicyclic) bond motifs is 5. The molecule has 17 nitrogen and oxygen atoms in total. The molecule has 3 fully saturated rings. The number of hydrogen-bond donors (Lipinski definition) is 2. The molecule has 4 aliphatic rings. The number of aliphatic hydroxyl groups is 2. The van der Waals surface area contributed by atoms with Gasteiger partial charge in [-0.1, -0.05) is 25.1 Å². The number of benzene rings is 1. The van der Waals surface area contributed by atoms with Crippen LogP contribution >= 0.6 is 0 Å². The van der Waals surface area contributed by atoms with Gasteiger partial charge in [-0.15, -0.1) is 0 Å². The zero-order valence-electron chi connectivity index (χ0n) is 31.5. The van der Waals surface area contributed by atoms with E-state index in [0.717, 1.165) is 27.7 Å². The number of aliphatic hydroxyl groups excluding tert-OH is 1. The van der Waals surface area contributed by atoms with Crippen LogP contribution in [-0.4, -0.2) is 117 Å². The van der Waals surface area contributed by atoms with Crippen molar-refractivity contribution in [2.24, 2.45) is 17.3 Å². The lowest BCUT2D eigenvalue weighted by atomic mass is 9.45. The summed E-state index contributed by atoms with van der Waals surface area (Å²) in [6, 6.07) is 10.4. The highest BCUT2D eigenvalue weighted by atomic mass is 16.7. The average Bonchev–Trinajstić information content (AvgIpc) is 3.35. The molecular weight excluding hydrogens is 738 g/mol. The summed E-state index contributed by atoms with van der Waals surface area (Å²) < 4.78 is 41.7. The molecule has 1 spiro atoms. The fraction of sp³-hybridized carbons (Fsp3) is 0.538. The molecule has 11 atom stereocenters. The number of pyridine rings is 1. The third kappa shape index (κ3) is 6.30. The summed E-state index contributed by atoms with van der Waals surface area (Å²) >= 11 is 0. The monoisotopic (exact) mass is 781 g/mol. The third-order valence-electron chi connectivity index (χ3n) is 11.3. The van der Waals surface area contributed by atoms with Crippen molar-refractivity contribution < 1.29 is 76.9 Å². The Morgan fingerprint density at radius 3 is 2.25 bits per heavy atom. The lowest BCUT2D eigenvalue weighted by Crippen LogP contribution is -2.88. The molecule has 4 bridgehead atoms. The maximum absolute atomic E-state index is 14.9. The van der Waals surface area contributed by atoms with Crippen LogP contribution in [0.2, 0.25) is 0 Å². The van der Waals surface area contributed by atoms with Crippen molar-refractivity contribution >= 4 is 41.6 Å². The lowest BCUT2D eigenvalue weighted by Gasteiger charge is -2.66. The zero-order chi connectivity index (χ0) is 41.0. The van der Waals surface area contributed by atoms with Gasteiger partial charge in [-0.05, 0) is 51.0 Å². The van der Waals surface area contributed by atoms with Gasteiger partial charge in [0.1, 0.15) is 35.4 Å². The molecule has 1 aromatic heterocycles. The van der Waals surface area contributed by atoms with E-state index in [9.17, 15) is 43.8 Å². The van der Waals surface area contributed by atoms with Crippen molar-refractivity contribution in [3.8, 4) is 0 Å². The van der Waals surface area contributed by atoms with Crippen LogP contribution in [0.25, 0.3) is 0 Å². The molecule has 0 amide bonds. The van der Waals surface area contributed by atoms with Crippen molar-refractivity contribution in [1.82, 2.24) is 4.98 Å². The molecule has 2 aromatic rings. The normalized spacial score (nSPS) is 36.4. The Morgan fingerprint density at radius 1 is 0.929 bits per heavy atom. The minimum Gasteiger partial charge on any atom is -0.465 e. The van der Waals surface area contributed by atoms with Crippen LogP contribution in [0.15, 0.2) is 48.7 Å². The molecule has 3 heterocycles. The molecule has 56 heavy (non-hydrogen) atoms. The van der Waals surface area contributed by atoms with E-state index >= 15 is 0 Å². The SMILES string of the molecule is CC(=O)OCC12C(OC(C)=O)C(=O)C3C(O)C14OC3(C)COC(=O)c1cccnc1CCC(C)C(=O)OC(C(OC(=O)c1ccccc1)C2OC(C)=O)C4(C)O. The minimum atomic E-state index is -2.82. The Labute approximate surface area is 320 Å². The van der Waals surface area contributed by atoms with Gasteiger partial charge in [-0.3, -0.25) is 29.0 Å². The first-order valence-electron chi connectivity index (χ1n) is 18.0. The molecule has 6 rings (SSSR count). The Morgan fingerprint density at radius 2 is 1.61 bits per heavy atom. The van der Waals surface area contributed by atoms with E-state index in [2.05, 4.69) is 4.98 Å². The second kappa shape index (κ2) is 14.7. The van der Waals surface area contributed by atoms with Crippen molar-refractivity contribution in [2.75, 3.05) is 13.2 Å². The van der Waals surface area contributed by atoms with Gasteiger partial charge in [0, 0.05) is 27.0 Å². The van der Waals surface area contributed by atoms with Crippen LogP contribution in [0.3, 0.4) is 0 Å². The molecule has 2 aliphatic heterocycles. The van der Waals surface area contributed by atoms with E-state index in [0.29, 0.717) is 0 Å². The quantitative estimate of drug-likeness (QED) is 0.310. The summed E-state index contributed by atoms with van der Waals surface area (Å²) in [5.74, 6) is -9.88. The fourth-order valence-corrected chi connectivity index (χ4v) is 8.90. The molecule has 2 aliphatic carbocycles. The topological polar surface area (TPSA) is 237 Å². The fourth-order valence-electron chi connectivity index (χ4n) is 8.90. The number of Topliss-reactive ketones (excluding diaryl/α,β-unsaturated/α-hetero) is 1. The van der Waals surface area contributed by atoms with Crippen molar-refractivity contribution in [3.05, 3.63) is 65.5 Å².